The minimum absolute atomic E-state index is 0.337. The topological polar surface area (TPSA) is 82.2 Å². The number of hydrogen-bond acceptors (Lipinski definition) is 5. The van der Waals surface area contributed by atoms with E-state index in [1.54, 1.807) is 6.07 Å². The van der Waals surface area contributed by atoms with Crippen LogP contribution in [0.1, 0.15) is 25.2 Å². The summed E-state index contributed by atoms with van der Waals surface area (Å²) in [4.78, 5) is 23.4. The van der Waals surface area contributed by atoms with E-state index in [1.165, 1.54) is 0 Å². The third-order valence-electron chi connectivity index (χ3n) is 4.76. The average molecular weight is 439 g/mol. The summed E-state index contributed by atoms with van der Waals surface area (Å²) in [7, 11) is 0. The molecular formula is C23H27ClN6O. The van der Waals surface area contributed by atoms with Crippen LogP contribution in [-0.4, -0.2) is 29.1 Å². The molecule has 31 heavy (non-hydrogen) atoms. The van der Waals surface area contributed by atoms with Crippen molar-refractivity contribution in [2.75, 3.05) is 33.9 Å². The lowest BCUT2D eigenvalue weighted by molar-refractivity contribution is 0.262. The van der Waals surface area contributed by atoms with Gasteiger partial charge in [-0.3, -0.25) is 0 Å². The zero-order chi connectivity index (χ0) is 22.4. The van der Waals surface area contributed by atoms with Crippen LogP contribution in [0.4, 0.5) is 33.5 Å². The lowest BCUT2D eigenvalue weighted by atomic mass is 10.2. The summed E-state index contributed by atoms with van der Waals surface area (Å²) in [5.74, 6) is 2.33. The molecule has 8 heteroatoms. The van der Waals surface area contributed by atoms with Crippen LogP contribution in [0.2, 0.25) is 5.02 Å². The van der Waals surface area contributed by atoms with E-state index in [2.05, 4.69) is 44.7 Å². The summed E-state index contributed by atoms with van der Waals surface area (Å²) in [5, 5.41) is 9.49. The molecule has 0 aliphatic heterocycles. The number of carbonyl (C=O) groups excluding carboxylic acids is 1. The molecule has 1 heterocycles. The highest BCUT2D eigenvalue weighted by Crippen LogP contribution is 2.22. The summed E-state index contributed by atoms with van der Waals surface area (Å²) in [6.45, 7) is 9.75. The summed E-state index contributed by atoms with van der Waals surface area (Å²) in [5.41, 5.74) is 3.12. The Morgan fingerprint density at radius 3 is 2.16 bits per heavy atom. The van der Waals surface area contributed by atoms with Crippen molar-refractivity contribution in [1.82, 2.24) is 9.97 Å². The van der Waals surface area contributed by atoms with E-state index in [0.717, 1.165) is 36.0 Å². The third-order valence-corrected chi connectivity index (χ3v) is 5.16. The van der Waals surface area contributed by atoms with Gasteiger partial charge >= 0.3 is 6.03 Å². The van der Waals surface area contributed by atoms with Crippen LogP contribution in [0.3, 0.4) is 0 Å². The van der Waals surface area contributed by atoms with Crippen molar-refractivity contribution in [1.29, 1.82) is 0 Å². The Hall–Kier alpha value is -3.32. The first-order chi connectivity index (χ1) is 14.9. The Labute approximate surface area is 187 Å². The van der Waals surface area contributed by atoms with E-state index in [0.29, 0.717) is 22.2 Å². The predicted octanol–water partition coefficient (Wildman–Crippen LogP) is 5.98. The predicted molar refractivity (Wildman–Crippen MR) is 129 cm³/mol. The molecule has 7 nitrogen and oxygen atoms in total. The van der Waals surface area contributed by atoms with Crippen LogP contribution in [-0.2, 0) is 0 Å². The molecule has 0 saturated carbocycles. The second-order valence-electron chi connectivity index (χ2n) is 7.08. The van der Waals surface area contributed by atoms with Gasteiger partial charge in [-0.1, -0.05) is 17.7 Å². The number of hydrogen-bond donors (Lipinski definition) is 3. The molecule has 2 amide bonds. The number of rotatable bonds is 7. The Morgan fingerprint density at radius 2 is 1.52 bits per heavy atom. The van der Waals surface area contributed by atoms with Crippen molar-refractivity contribution in [3.63, 3.8) is 0 Å². The fraction of sp³-hybridized carbons (Fsp3) is 0.261. The Morgan fingerprint density at radius 1 is 0.903 bits per heavy atom. The van der Waals surface area contributed by atoms with Crippen molar-refractivity contribution in [2.45, 2.75) is 27.7 Å². The van der Waals surface area contributed by atoms with Crippen molar-refractivity contribution in [2.24, 2.45) is 0 Å². The summed E-state index contributed by atoms with van der Waals surface area (Å²) < 4.78 is 0. The van der Waals surface area contributed by atoms with Gasteiger partial charge in [0.15, 0.2) is 0 Å². The Bertz CT molecular complexity index is 1050. The van der Waals surface area contributed by atoms with Gasteiger partial charge in [0.1, 0.15) is 17.5 Å². The molecule has 0 fully saturated rings. The second kappa shape index (κ2) is 10.1. The molecule has 3 N–H and O–H groups in total. The number of carbonyl (C=O) groups is 1. The van der Waals surface area contributed by atoms with Gasteiger partial charge in [0.2, 0.25) is 0 Å². The molecule has 162 valence electrons. The van der Waals surface area contributed by atoms with Gasteiger partial charge in [-0.25, -0.2) is 14.8 Å². The van der Waals surface area contributed by atoms with Crippen LogP contribution in [0, 0.1) is 13.8 Å². The van der Waals surface area contributed by atoms with Crippen molar-refractivity contribution >= 4 is 46.3 Å². The van der Waals surface area contributed by atoms with E-state index < -0.39 is 0 Å². The van der Waals surface area contributed by atoms with Crippen LogP contribution in [0.5, 0.6) is 0 Å². The molecule has 0 bridgehead atoms. The molecule has 0 aliphatic carbocycles. The van der Waals surface area contributed by atoms with Crippen LogP contribution in [0.25, 0.3) is 0 Å². The highest BCUT2D eigenvalue weighted by molar-refractivity contribution is 6.31. The maximum absolute atomic E-state index is 12.2. The first-order valence-corrected chi connectivity index (χ1v) is 10.6. The zero-order valence-corrected chi connectivity index (χ0v) is 18.9. The SMILES string of the molecule is CCN(CC)c1cc(Nc2ccc(NC(=O)Nc3ccc(C)c(Cl)c3)cc2)nc(C)n1. The number of halogens is 1. The highest BCUT2D eigenvalue weighted by Gasteiger charge is 2.08. The van der Waals surface area contributed by atoms with Crippen molar-refractivity contribution < 1.29 is 4.79 Å². The molecule has 0 spiro atoms. The standard InChI is InChI=1S/C23H27ClN6O/c1-5-30(6-2)22-14-21(25-16(4)26-22)27-17-9-11-18(12-10-17)28-23(31)29-19-8-7-15(3)20(24)13-19/h7-14H,5-6H2,1-4H3,(H,25,26,27)(H2,28,29,31). The lowest BCUT2D eigenvalue weighted by Crippen LogP contribution is -2.23. The number of amides is 2. The fourth-order valence-corrected chi connectivity index (χ4v) is 3.25. The van der Waals surface area contributed by atoms with E-state index in [9.17, 15) is 4.79 Å². The van der Waals surface area contributed by atoms with Gasteiger partial charge in [-0.05, 0) is 69.7 Å². The van der Waals surface area contributed by atoms with E-state index in [-0.39, 0.29) is 6.03 Å². The number of aryl methyl sites for hydroxylation is 2. The number of aromatic nitrogens is 2. The molecule has 3 aromatic rings. The minimum Gasteiger partial charge on any atom is -0.357 e. The van der Waals surface area contributed by atoms with Gasteiger partial charge < -0.3 is 20.9 Å². The zero-order valence-electron chi connectivity index (χ0n) is 18.2. The third kappa shape index (κ3) is 6.08. The molecule has 0 unspecified atom stereocenters. The fourth-order valence-electron chi connectivity index (χ4n) is 3.07. The van der Waals surface area contributed by atoms with Crippen molar-refractivity contribution in [3.05, 3.63) is 64.9 Å². The van der Waals surface area contributed by atoms with Gasteiger partial charge in [-0.15, -0.1) is 0 Å². The van der Waals surface area contributed by atoms with E-state index in [4.69, 9.17) is 11.6 Å². The van der Waals surface area contributed by atoms with Gasteiger partial charge in [0.05, 0.1) is 0 Å². The average Bonchev–Trinajstić information content (AvgIpc) is 2.73. The monoisotopic (exact) mass is 438 g/mol. The molecule has 0 saturated heterocycles. The molecule has 2 aromatic carbocycles. The van der Waals surface area contributed by atoms with Gasteiger partial charge in [-0.2, -0.15) is 0 Å². The normalized spacial score (nSPS) is 10.5. The maximum atomic E-state index is 12.2. The molecular weight excluding hydrogens is 412 g/mol. The first kappa shape index (κ1) is 22.4. The smallest absolute Gasteiger partial charge is 0.323 e. The molecule has 0 atom stereocenters. The first-order valence-electron chi connectivity index (χ1n) is 10.2. The Kier molecular flexibility index (Phi) is 7.31. The van der Waals surface area contributed by atoms with Crippen LogP contribution in [0.15, 0.2) is 48.5 Å². The summed E-state index contributed by atoms with van der Waals surface area (Å²) in [6.07, 6.45) is 0. The van der Waals surface area contributed by atoms with Gasteiger partial charge in [0.25, 0.3) is 0 Å². The number of nitrogens with zero attached hydrogens (tertiary/aromatic N) is 3. The highest BCUT2D eigenvalue weighted by atomic mass is 35.5. The van der Waals surface area contributed by atoms with Crippen LogP contribution < -0.4 is 20.9 Å². The molecule has 1 aromatic heterocycles. The van der Waals surface area contributed by atoms with E-state index >= 15 is 0 Å². The molecule has 0 radical (unpaired) electrons. The quantitative estimate of drug-likeness (QED) is 0.422. The van der Waals surface area contributed by atoms with Crippen LogP contribution >= 0.6 is 11.6 Å². The number of nitrogens with one attached hydrogen (secondary N) is 3. The minimum atomic E-state index is -0.337. The molecule has 0 aliphatic rings. The molecule has 3 rings (SSSR count). The number of benzene rings is 2. The second-order valence-corrected chi connectivity index (χ2v) is 7.48. The number of urea groups is 1. The summed E-state index contributed by atoms with van der Waals surface area (Å²) >= 11 is 6.10. The Balaban J connectivity index is 1.63. The largest absolute Gasteiger partial charge is 0.357 e. The maximum Gasteiger partial charge on any atom is 0.323 e. The lowest BCUT2D eigenvalue weighted by Gasteiger charge is -2.20. The summed E-state index contributed by atoms with van der Waals surface area (Å²) in [6, 6.07) is 14.4. The van der Waals surface area contributed by atoms with Crippen molar-refractivity contribution in [3.8, 4) is 0 Å². The van der Waals surface area contributed by atoms with E-state index in [1.807, 2.05) is 56.3 Å². The van der Waals surface area contributed by atoms with Gasteiger partial charge in [0, 0.05) is 41.2 Å². The number of anilines is 5.